The molecule has 2 aromatic heterocycles. The Kier molecular flexibility index (Phi) is 5.10. The second kappa shape index (κ2) is 7.71. The molecule has 29 heavy (non-hydrogen) atoms. The SMILES string of the molecule is Cc1ccn(-c2ccc3c(c2)OCO3)c(=O)c1C(=O)N(C)CCc1scnc1C. The number of amides is 1. The Morgan fingerprint density at radius 2 is 2.03 bits per heavy atom. The van der Waals surface area contributed by atoms with Crippen molar-refractivity contribution in [1.29, 1.82) is 0 Å². The fourth-order valence-corrected chi connectivity index (χ4v) is 4.02. The van der Waals surface area contributed by atoms with E-state index >= 15 is 0 Å². The monoisotopic (exact) mass is 411 g/mol. The maximum absolute atomic E-state index is 13.2. The van der Waals surface area contributed by atoms with Crippen molar-refractivity contribution in [3.63, 3.8) is 0 Å². The Morgan fingerprint density at radius 3 is 2.79 bits per heavy atom. The fourth-order valence-electron chi connectivity index (χ4n) is 3.25. The van der Waals surface area contributed by atoms with Crippen LogP contribution in [0.5, 0.6) is 11.5 Å². The minimum absolute atomic E-state index is 0.162. The highest BCUT2D eigenvalue weighted by Gasteiger charge is 2.21. The normalized spacial score (nSPS) is 12.2. The van der Waals surface area contributed by atoms with E-state index in [4.69, 9.17) is 9.47 Å². The van der Waals surface area contributed by atoms with Crippen molar-refractivity contribution in [2.45, 2.75) is 20.3 Å². The zero-order valence-electron chi connectivity index (χ0n) is 16.5. The Balaban J connectivity index is 1.62. The lowest BCUT2D eigenvalue weighted by Crippen LogP contribution is -2.36. The van der Waals surface area contributed by atoms with Gasteiger partial charge >= 0.3 is 0 Å². The van der Waals surface area contributed by atoms with Gasteiger partial charge in [0.2, 0.25) is 6.79 Å². The third-order valence-electron chi connectivity index (χ3n) is 5.01. The van der Waals surface area contributed by atoms with E-state index in [9.17, 15) is 9.59 Å². The van der Waals surface area contributed by atoms with Gasteiger partial charge < -0.3 is 14.4 Å². The van der Waals surface area contributed by atoms with Crippen LogP contribution >= 0.6 is 11.3 Å². The van der Waals surface area contributed by atoms with Crippen molar-refractivity contribution in [3.05, 3.63) is 68.0 Å². The molecule has 1 aliphatic heterocycles. The van der Waals surface area contributed by atoms with Crippen molar-refractivity contribution in [3.8, 4) is 17.2 Å². The van der Waals surface area contributed by atoms with Crippen molar-refractivity contribution in [1.82, 2.24) is 14.5 Å². The summed E-state index contributed by atoms with van der Waals surface area (Å²) < 4.78 is 12.2. The average molecular weight is 411 g/mol. The summed E-state index contributed by atoms with van der Waals surface area (Å²) in [5.74, 6) is 0.938. The molecule has 0 unspecified atom stereocenters. The number of hydrogen-bond donors (Lipinski definition) is 0. The lowest BCUT2D eigenvalue weighted by atomic mass is 10.1. The first-order valence-corrected chi connectivity index (χ1v) is 10.1. The maximum Gasteiger partial charge on any atom is 0.268 e. The van der Waals surface area contributed by atoms with Crippen LogP contribution in [0.1, 0.15) is 26.5 Å². The average Bonchev–Trinajstić information content (AvgIpc) is 3.34. The summed E-state index contributed by atoms with van der Waals surface area (Å²) in [5, 5.41) is 0. The van der Waals surface area contributed by atoms with Crippen LogP contribution in [0.15, 0.2) is 40.8 Å². The molecule has 8 heteroatoms. The molecule has 0 atom stereocenters. The molecule has 0 radical (unpaired) electrons. The number of carbonyl (C=O) groups excluding carboxylic acids is 1. The lowest BCUT2D eigenvalue weighted by molar-refractivity contribution is 0.0794. The second-order valence-electron chi connectivity index (χ2n) is 6.92. The van der Waals surface area contributed by atoms with Gasteiger partial charge in [-0.05, 0) is 37.6 Å². The van der Waals surface area contributed by atoms with E-state index in [2.05, 4.69) is 4.98 Å². The number of thiazole rings is 1. The Morgan fingerprint density at radius 1 is 1.24 bits per heavy atom. The van der Waals surface area contributed by atoms with Crippen LogP contribution < -0.4 is 15.0 Å². The quantitative estimate of drug-likeness (QED) is 0.645. The van der Waals surface area contributed by atoms with E-state index in [1.54, 1.807) is 66.2 Å². The van der Waals surface area contributed by atoms with Gasteiger partial charge in [-0.2, -0.15) is 0 Å². The number of hydrogen-bond acceptors (Lipinski definition) is 6. The van der Waals surface area contributed by atoms with Crippen molar-refractivity contribution >= 4 is 17.2 Å². The molecular weight excluding hydrogens is 390 g/mol. The van der Waals surface area contributed by atoms with E-state index in [-0.39, 0.29) is 23.8 Å². The Labute approximate surface area is 172 Å². The summed E-state index contributed by atoms with van der Waals surface area (Å²) in [6.07, 6.45) is 2.38. The smallest absolute Gasteiger partial charge is 0.268 e. The zero-order valence-corrected chi connectivity index (χ0v) is 17.3. The molecule has 1 aromatic carbocycles. The number of likely N-dealkylation sites (N-methyl/N-ethyl adjacent to an activating group) is 1. The molecule has 0 aliphatic carbocycles. The second-order valence-corrected chi connectivity index (χ2v) is 7.86. The summed E-state index contributed by atoms with van der Waals surface area (Å²) in [5.41, 5.74) is 3.88. The lowest BCUT2D eigenvalue weighted by Gasteiger charge is -2.18. The number of ether oxygens (including phenoxy) is 2. The molecule has 1 aliphatic rings. The molecule has 0 saturated carbocycles. The number of benzene rings is 1. The Hall–Kier alpha value is -3.13. The van der Waals surface area contributed by atoms with Gasteiger partial charge in [-0.25, -0.2) is 4.98 Å². The molecule has 4 rings (SSSR count). The van der Waals surface area contributed by atoms with Gasteiger partial charge in [-0.1, -0.05) is 0 Å². The number of nitrogens with zero attached hydrogens (tertiary/aromatic N) is 3. The number of aromatic nitrogens is 2. The van der Waals surface area contributed by atoms with Gasteiger partial charge in [0.1, 0.15) is 5.56 Å². The largest absolute Gasteiger partial charge is 0.454 e. The molecule has 0 spiro atoms. The minimum Gasteiger partial charge on any atom is -0.454 e. The first-order valence-electron chi connectivity index (χ1n) is 9.22. The van der Waals surface area contributed by atoms with Crippen molar-refractivity contribution in [2.75, 3.05) is 20.4 Å². The predicted molar refractivity (Wildman–Crippen MR) is 110 cm³/mol. The minimum atomic E-state index is -0.352. The fraction of sp³-hybridized carbons (Fsp3) is 0.286. The third-order valence-corrected chi connectivity index (χ3v) is 6.01. The van der Waals surface area contributed by atoms with Gasteiger partial charge in [-0.15, -0.1) is 11.3 Å². The van der Waals surface area contributed by atoms with Gasteiger partial charge in [0.15, 0.2) is 11.5 Å². The van der Waals surface area contributed by atoms with Crippen LogP contribution in [-0.2, 0) is 6.42 Å². The number of pyridine rings is 1. The predicted octanol–water partition coefficient (Wildman–Crippen LogP) is 2.95. The molecule has 7 nitrogen and oxygen atoms in total. The van der Waals surface area contributed by atoms with Crippen LogP contribution in [0.2, 0.25) is 0 Å². The first-order chi connectivity index (χ1) is 14.0. The number of rotatable bonds is 5. The zero-order chi connectivity index (χ0) is 20.5. The summed E-state index contributed by atoms with van der Waals surface area (Å²) >= 11 is 1.58. The molecular formula is C21H21N3O4S. The highest BCUT2D eigenvalue weighted by atomic mass is 32.1. The topological polar surface area (TPSA) is 73.7 Å². The molecule has 1 amide bonds. The van der Waals surface area contributed by atoms with Crippen LogP contribution in [-0.4, -0.2) is 40.7 Å². The Bertz CT molecular complexity index is 1140. The summed E-state index contributed by atoms with van der Waals surface area (Å²) in [6, 6.07) is 7.05. The maximum atomic E-state index is 13.2. The van der Waals surface area contributed by atoms with Crippen LogP contribution in [0, 0.1) is 13.8 Å². The number of carbonyl (C=O) groups is 1. The van der Waals surface area contributed by atoms with E-state index in [1.165, 1.54) is 4.57 Å². The third kappa shape index (κ3) is 3.63. The van der Waals surface area contributed by atoms with Crippen molar-refractivity contribution in [2.24, 2.45) is 0 Å². The molecule has 0 fully saturated rings. The summed E-state index contributed by atoms with van der Waals surface area (Å²) in [7, 11) is 1.72. The standard InChI is InChI=1S/C21H21N3O4S/c1-13-6-9-24(15-4-5-16-17(10-15)28-12-27-16)21(26)19(13)20(25)23(3)8-7-18-14(2)22-11-29-18/h4-6,9-11H,7-8,12H2,1-3H3. The van der Waals surface area contributed by atoms with Gasteiger partial charge in [0, 0.05) is 37.2 Å². The van der Waals surface area contributed by atoms with Gasteiger partial charge in [0.25, 0.3) is 11.5 Å². The van der Waals surface area contributed by atoms with Crippen LogP contribution in [0.3, 0.4) is 0 Å². The van der Waals surface area contributed by atoms with Crippen molar-refractivity contribution < 1.29 is 14.3 Å². The highest BCUT2D eigenvalue weighted by Crippen LogP contribution is 2.33. The van der Waals surface area contributed by atoms with Crippen LogP contribution in [0.4, 0.5) is 0 Å². The van der Waals surface area contributed by atoms with E-state index in [1.807, 2.05) is 6.92 Å². The molecule has 0 saturated heterocycles. The molecule has 3 aromatic rings. The first kappa shape index (κ1) is 19.2. The molecule has 3 heterocycles. The van der Waals surface area contributed by atoms with Gasteiger partial charge in [0.05, 0.1) is 16.9 Å². The number of aryl methyl sites for hydroxylation is 2. The summed E-state index contributed by atoms with van der Waals surface area (Å²) in [4.78, 5) is 33.2. The van der Waals surface area contributed by atoms with Crippen LogP contribution in [0.25, 0.3) is 5.69 Å². The number of fused-ring (bicyclic) bond motifs is 1. The molecule has 0 bridgehead atoms. The van der Waals surface area contributed by atoms with Gasteiger partial charge in [-0.3, -0.25) is 14.2 Å². The highest BCUT2D eigenvalue weighted by molar-refractivity contribution is 7.09. The molecule has 150 valence electrons. The molecule has 0 N–H and O–H groups in total. The van der Waals surface area contributed by atoms with E-state index < -0.39 is 0 Å². The van der Waals surface area contributed by atoms with E-state index in [0.29, 0.717) is 35.7 Å². The van der Waals surface area contributed by atoms with E-state index in [0.717, 1.165) is 10.6 Å². The summed E-state index contributed by atoms with van der Waals surface area (Å²) in [6.45, 7) is 4.41.